The molecule has 1 unspecified atom stereocenters. The highest BCUT2D eigenvalue weighted by atomic mass is 19.1. The van der Waals surface area contributed by atoms with E-state index < -0.39 is 5.82 Å². The van der Waals surface area contributed by atoms with Crippen LogP contribution >= 0.6 is 0 Å². The third kappa shape index (κ3) is 1.30. The molecule has 0 aliphatic carbocycles. The van der Waals surface area contributed by atoms with Crippen molar-refractivity contribution in [3.63, 3.8) is 0 Å². The van der Waals surface area contributed by atoms with E-state index >= 15 is 0 Å². The van der Waals surface area contributed by atoms with Crippen LogP contribution in [0.4, 0.5) is 4.39 Å². The molecule has 1 fully saturated rings. The first kappa shape index (κ1) is 8.21. The van der Waals surface area contributed by atoms with Gasteiger partial charge in [0.2, 0.25) is 0 Å². The minimum Gasteiger partial charge on any atom is -0.365 e. The van der Waals surface area contributed by atoms with E-state index in [4.69, 9.17) is 10.00 Å². The molecule has 0 bridgehead atoms. The summed E-state index contributed by atoms with van der Waals surface area (Å²) in [6, 6.07) is 6.31. The largest absolute Gasteiger partial charge is 0.365 e. The number of rotatable bonds is 1. The molecule has 1 saturated heterocycles. The zero-order chi connectivity index (χ0) is 9.47. The Morgan fingerprint density at radius 3 is 2.85 bits per heavy atom. The number of benzene rings is 1. The lowest BCUT2D eigenvalue weighted by Crippen LogP contribution is -2.02. The van der Waals surface area contributed by atoms with Crippen LogP contribution < -0.4 is 0 Å². The van der Waals surface area contributed by atoms with E-state index in [9.17, 15) is 4.39 Å². The van der Waals surface area contributed by atoms with Gasteiger partial charge in [-0.25, -0.2) is 4.39 Å². The van der Waals surface area contributed by atoms with Gasteiger partial charge in [0.1, 0.15) is 17.5 Å². The molecule has 0 spiro atoms. The molecule has 0 radical (unpaired) electrons. The van der Waals surface area contributed by atoms with Gasteiger partial charge in [-0.05, 0) is 24.6 Å². The van der Waals surface area contributed by atoms with E-state index in [1.807, 2.05) is 6.92 Å². The molecule has 13 heavy (non-hydrogen) atoms. The molecule has 1 aromatic carbocycles. The van der Waals surface area contributed by atoms with Crippen molar-refractivity contribution >= 4 is 0 Å². The average Bonchev–Trinajstić information content (AvgIpc) is 2.86. The van der Waals surface area contributed by atoms with Gasteiger partial charge in [-0.1, -0.05) is 6.07 Å². The molecule has 0 aromatic heterocycles. The van der Waals surface area contributed by atoms with E-state index in [0.717, 1.165) is 5.56 Å². The number of hydrogen-bond acceptors (Lipinski definition) is 2. The van der Waals surface area contributed by atoms with Gasteiger partial charge in [0.15, 0.2) is 0 Å². The summed E-state index contributed by atoms with van der Waals surface area (Å²) in [7, 11) is 0. The Morgan fingerprint density at radius 1 is 1.62 bits per heavy atom. The van der Waals surface area contributed by atoms with E-state index in [2.05, 4.69) is 0 Å². The number of halogens is 1. The van der Waals surface area contributed by atoms with Crippen molar-refractivity contribution in [3.05, 3.63) is 35.1 Å². The van der Waals surface area contributed by atoms with Gasteiger partial charge >= 0.3 is 0 Å². The number of ether oxygens (including phenoxy) is 1. The molecular formula is C10H8FNO. The Balaban J connectivity index is 2.46. The summed E-state index contributed by atoms with van der Waals surface area (Å²) >= 11 is 0. The molecule has 1 aliphatic rings. The lowest BCUT2D eigenvalue weighted by atomic mass is 10.00. The highest BCUT2D eigenvalue weighted by Crippen LogP contribution is 2.38. The second-order valence-corrected chi connectivity index (χ2v) is 3.33. The average molecular weight is 177 g/mol. The van der Waals surface area contributed by atoms with Gasteiger partial charge < -0.3 is 4.74 Å². The molecule has 1 heterocycles. The standard InChI is InChI=1S/C10H8FNO/c1-10(6-13-10)8-2-3-9(11)7(4-8)5-12/h2-4H,6H2,1H3. The van der Waals surface area contributed by atoms with E-state index in [-0.39, 0.29) is 11.2 Å². The zero-order valence-electron chi connectivity index (χ0n) is 7.17. The summed E-state index contributed by atoms with van der Waals surface area (Å²) in [5.74, 6) is -0.476. The Labute approximate surface area is 75.6 Å². The van der Waals surface area contributed by atoms with Gasteiger partial charge in [0.05, 0.1) is 12.2 Å². The molecule has 1 aliphatic heterocycles. The predicted molar refractivity (Wildman–Crippen MR) is 44.4 cm³/mol. The maximum absolute atomic E-state index is 12.9. The van der Waals surface area contributed by atoms with Crippen molar-refractivity contribution in [2.24, 2.45) is 0 Å². The first-order valence-corrected chi connectivity index (χ1v) is 4.00. The molecule has 2 rings (SSSR count). The highest BCUT2D eigenvalue weighted by molar-refractivity contribution is 5.38. The monoisotopic (exact) mass is 177 g/mol. The van der Waals surface area contributed by atoms with E-state index in [0.29, 0.717) is 6.61 Å². The summed E-state index contributed by atoms with van der Waals surface area (Å²) in [5, 5.41) is 8.60. The minimum atomic E-state index is -0.476. The summed E-state index contributed by atoms with van der Waals surface area (Å²) < 4.78 is 18.1. The molecule has 1 atom stereocenters. The van der Waals surface area contributed by atoms with Crippen LogP contribution in [0.5, 0.6) is 0 Å². The fraction of sp³-hybridized carbons (Fsp3) is 0.300. The maximum atomic E-state index is 12.9. The van der Waals surface area contributed by atoms with Crippen LogP contribution in [0.2, 0.25) is 0 Å². The number of epoxide rings is 1. The topological polar surface area (TPSA) is 36.3 Å². The second kappa shape index (κ2) is 2.54. The van der Waals surface area contributed by atoms with Crippen molar-refractivity contribution in [3.8, 4) is 6.07 Å². The third-order valence-electron chi connectivity index (χ3n) is 2.27. The molecule has 3 heteroatoms. The fourth-order valence-corrected chi connectivity index (χ4v) is 1.21. The van der Waals surface area contributed by atoms with Crippen molar-refractivity contribution in [1.29, 1.82) is 5.26 Å². The minimum absolute atomic E-state index is 0.0780. The molecule has 1 aromatic rings. The van der Waals surface area contributed by atoms with Crippen molar-refractivity contribution in [2.75, 3.05) is 6.61 Å². The molecule has 0 saturated carbocycles. The molecule has 2 nitrogen and oxygen atoms in total. The van der Waals surface area contributed by atoms with Gasteiger partial charge in [-0.2, -0.15) is 5.26 Å². The van der Waals surface area contributed by atoms with Crippen LogP contribution in [0.15, 0.2) is 18.2 Å². The smallest absolute Gasteiger partial charge is 0.140 e. The van der Waals surface area contributed by atoms with E-state index in [1.54, 1.807) is 18.2 Å². The normalized spacial score (nSPS) is 25.3. The second-order valence-electron chi connectivity index (χ2n) is 3.33. The van der Waals surface area contributed by atoms with E-state index in [1.165, 1.54) is 6.07 Å². The number of nitrogens with zero attached hydrogens (tertiary/aromatic N) is 1. The van der Waals surface area contributed by atoms with Crippen molar-refractivity contribution < 1.29 is 9.13 Å². The van der Waals surface area contributed by atoms with Crippen molar-refractivity contribution in [2.45, 2.75) is 12.5 Å². The van der Waals surface area contributed by atoms with Gasteiger partial charge in [-0.3, -0.25) is 0 Å². The quantitative estimate of drug-likeness (QED) is 0.614. The van der Waals surface area contributed by atoms with Gasteiger partial charge in [0, 0.05) is 0 Å². The highest BCUT2D eigenvalue weighted by Gasteiger charge is 2.41. The van der Waals surface area contributed by atoms with Gasteiger partial charge in [0.25, 0.3) is 0 Å². The number of nitriles is 1. The third-order valence-corrected chi connectivity index (χ3v) is 2.27. The molecular weight excluding hydrogens is 169 g/mol. The Hall–Kier alpha value is -1.40. The van der Waals surface area contributed by atoms with Crippen molar-refractivity contribution in [1.82, 2.24) is 0 Å². The fourth-order valence-electron chi connectivity index (χ4n) is 1.21. The summed E-state index contributed by atoms with van der Waals surface area (Å²) in [5.41, 5.74) is 0.652. The van der Waals surface area contributed by atoms with Crippen LogP contribution in [0.1, 0.15) is 18.1 Å². The number of hydrogen-bond donors (Lipinski definition) is 0. The Bertz CT molecular complexity index is 390. The lowest BCUT2D eigenvalue weighted by molar-refractivity contribution is 0.329. The van der Waals surface area contributed by atoms with Crippen LogP contribution in [0.3, 0.4) is 0 Å². The van der Waals surface area contributed by atoms with Crippen LogP contribution in [0.25, 0.3) is 0 Å². The predicted octanol–water partition coefficient (Wildman–Crippen LogP) is 1.94. The molecule has 0 amide bonds. The SMILES string of the molecule is CC1(c2ccc(F)c(C#N)c2)CO1. The molecule has 66 valence electrons. The Kier molecular flexibility index (Phi) is 1.61. The maximum Gasteiger partial charge on any atom is 0.140 e. The first-order chi connectivity index (χ1) is 6.15. The van der Waals surface area contributed by atoms with Gasteiger partial charge in [-0.15, -0.1) is 0 Å². The summed E-state index contributed by atoms with van der Waals surface area (Å²) in [6.45, 7) is 2.56. The molecule has 0 N–H and O–H groups in total. The zero-order valence-corrected chi connectivity index (χ0v) is 7.17. The van der Waals surface area contributed by atoms with Crippen LogP contribution in [0, 0.1) is 17.1 Å². The summed E-state index contributed by atoms with van der Waals surface area (Å²) in [6.07, 6.45) is 0. The van der Waals surface area contributed by atoms with Crippen LogP contribution in [-0.4, -0.2) is 6.61 Å². The van der Waals surface area contributed by atoms with Crippen LogP contribution in [-0.2, 0) is 10.3 Å². The lowest BCUT2D eigenvalue weighted by Gasteiger charge is -2.05. The Morgan fingerprint density at radius 2 is 2.31 bits per heavy atom. The summed E-state index contributed by atoms with van der Waals surface area (Å²) in [4.78, 5) is 0. The first-order valence-electron chi connectivity index (χ1n) is 4.00.